The summed E-state index contributed by atoms with van der Waals surface area (Å²) in [6, 6.07) is 5.68. The summed E-state index contributed by atoms with van der Waals surface area (Å²) in [6.45, 7) is 0. The number of halogens is 1. The summed E-state index contributed by atoms with van der Waals surface area (Å²) < 4.78 is 12.8. The molecule has 0 radical (unpaired) electrons. The van der Waals surface area contributed by atoms with E-state index in [-0.39, 0.29) is 11.7 Å². The summed E-state index contributed by atoms with van der Waals surface area (Å²) in [5.74, 6) is -1.94. The summed E-state index contributed by atoms with van der Waals surface area (Å²) in [5, 5.41) is 0. The van der Waals surface area contributed by atoms with Crippen LogP contribution in [0.1, 0.15) is 11.5 Å². The fourth-order valence-corrected chi connectivity index (χ4v) is 1.37. The second-order valence-electron chi connectivity index (χ2n) is 3.60. The minimum atomic E-state index is -0.602. The molecule has 0 aromatic heterocycles. The second kappa shape index (κ2) is 6.34. The van der Waals surface area contributed by atoms with E-state index >= 15 is 0 Å². The van der Waals surface area contributed by atoms with E-state index in [1.807, 2.05) is 0 Å². The molecular formula is C13H13FN2O2. The van der Waals surface area contributed by atoms with E-state index < -0.39 is 11.8 Å². The van der Waals surface area contributed by atoms with Gasteiger partial charge in [0, 0.05) is 5.92 Å². The molecule has 0 aliphatic rings. The van der Waals surface area contributed by atoms with Crippen LogP contribution in [0.3, 0.4) is 0 Å². The van der Waals surface area contributed by atoms with Crippen LogP contribution >= 0.6 is 0 Å². The predicted octanol–water partition coefficient (Wildman–Crippen LogP) is 0.992. The number of carbonyl (C=O) groups excluding carboxylic acids is 2. The van der Waals surface area contributed by atoms with Crippen LogP contribution in [0.25, 0.3) is 0 Å². The van der Waals surface area contributed by atoms with Gasteiger partial charge in [0.05, 0.1) is 0 Å². The average molecular weight is 248 g/mol. The molecule has 0 heterocycles. The van der Waals surface area contributed by atoms with Gasteiger partial charge in [-0.25, -0.2) is 4.39 Å². The van der Waals surface area contributed by atoms with Gasteiger partial charge in [-0.05, 0) is 29.8 Å². The number of allylic oxidation sites excluding steroid dienone is 2. The number of carbonyl (C=O) groups is 2. The van der Waals surface area contributed by atoms with E-state index in [1.165, 1.54) is 36.4 Å². The predicted molar refractivity (Wildman–Crippen MR) is 65.8 cm³/mol. The van der Waals surface area contributed by atoms with Gasteiger partial charge in [0.1, 0.15) is 5.82 Å². The van der Waals surface area contributed by atoms with Crippen molar-refractivity contribution in [1.82, 2.24) is 0 Å². The molecule has 4 nitrogen and oxygen atoms in total. The van der Waals surface area contributed by atoms with Crippen molar-refractivity contribution < 1.29 is 14.0 Å². The first kappa shape index (κ1) is 13.6. The van der Waals surface area contributed by atoms with Gasteiger partial charge in [0.25, 0.3) is 0 Å². The van der Waals surface area contributed by atoms with Gasteiger partial charge in [0.2, 0.25) is 11.8 Å². The zero-order valence-electron chi connectivity index (χ0n) is 9.55. The van der Waals surface area contributed by atoms with E-state index in [1.54, 1.807) is 12.1 Å². The molecule has 0 saturated heterocycles. The molecule has 18 heavy (non-hydrogen) atoms. The Morgan fingerprint density at radius 2 is 1.44 bits per heavy atom. The van der Waals surface area contributed by atoms with Crippen molar-refractivity contribution in [2.75, 3.05) is 0 Å². The third-order valence-corrected chi connectivity index (χ3v) is 2.19. The molecular weight excluding hydrogens is 235 g/mol. The quantitative estimate of drug-likeness (QED) is 0.761. The summed E-state index contributed by atoms with van der Waals surface area (Å²) in [7, 11) is 0. The summed E-state index contributed by atoms with van der Waals surface area (Å²) >= 11 is 0. The number of primary amides is 2. The van der Waals surface area contributed by atoms with E-state index in [0.717, 1.165) is 0 Å². The van der Waals surface area contributed by atoms with E-state index in [4.69, 9.17) is 11.5 Å². The SMILES string of the molecule is NC(=O)/C=C/C(/C=C/C(N)=O)c1ccc(F)cc1. The minimum Gasteiger partial charge on any atom is -0.366 e. The molecule has 0 spiro atoms. The lowest BCUT2D eigenvalue weighted by Gasteiger charge is -2.07. The Balaban J connectivity index is 2.99. The van der Waals surface area contributed by atoms with Gasteiger partial charge in [-0.2, -0.15) is 0 Å². The smallest absolute Gasteiger partial charge is 0.241 e. The lowest BCUT2D eigenvalue weighted by molar-refractivity contribution is -0.114. The Kier molecular flexibility index (Phi) is 4.80. The number of benzene rings is 1. The lowest BCUT2D eigenvalue weighted by atomic mass is 9.98. The maximum Gasteiger partial charge on any atom is 0.241 e. The van der Waals surface area contributed by atoms with Crippen molar-refractivity contribution in [2.45, 2.75) is 5.92 Å². The van der Waals surface area contributed by atoms with Crippen LogP contribution in [0.15, 0.2) is 48.6 Å². The topological polar surface area (TPSA) is 86.2 Å². The van der Waals surface area contributed by atoms with Gasteiger partial charge in [0.15, 0.2) is 0 Å². The second-order valence-corrected chi connectivity index (χ2v) is 3.60. The Morgan fingerprint density at radius 3 is 1.83 bits per heavy atom. The first-order chi connectivity index (χ1) is 8.49. The molecule has 0 atom stereocenters. The molecule has 0 aliphatic carbocycles. The van der Waals surface area contributed by atoms with Crippen LogP contribution in [-0.4, -0.2) is 11.8 Å². The molecule has 0 saturated carbocycles. The monoisotopic (exact) mass is 248 g/mol. The standard InChI is InChI=1S/C13H13FN2O2/c14-11-5-1-9(2-6-11)10(3-7-12(15)17)4-8-13(16)18/h1-8,10H,(H2,15,17)(H2,16,18)/b7-3+,8-4+. The van der Waals surface area contributed by atoms with Crippen molar-refractivity contribution in [3.05, 3.63) is 60.0 Å². The number of hydrogen-bond donors (Lipinski definition) is 2. The number of nitrogens with two attached hydrogens (primary N) is 2. The molecule has 94 valence electrons. The zero-order chi connectivity index (χ0) is 13.5. The van der Waals surface area contributed by atoms with Crippen LogP contribution < -0.4 is 11.5 Å². The Labute approximate surface area is 104 Å². The maximum atomic E-state index is 12.8. The van der Waals surface area contributed by atoms with Gasteiger partial charge in [-0.15, -0.1) is 0 Å². The molecule has 2 amide bonds. The van der Waals surface area contributed by atoms with Crippen molar-refractivity contribution >= 4 is 11.8 Å². The molecule has 4 N–H and O–H groups in total. The molecule has 5 heteroatoms. The molecule has 0 unspecified atom stereocenters. The highest BCUT2D eigenvalue weighted by Crippen LogP contribution is 2.19. The molecule has 1 rings (SSSR count). The fourth-order valence-electron chi connectivity index (χ4n) is 1.37. The summed E-state index contributed by atoms with van der Waals surface area (Å²) in [5.41, 5.74) is 10.7. The summed E-state index contributed by atoms with van der Waals surface area (Å²) in [6.07, 6.45) is 5.38. The van der Waals surface area contributed by atoms with E-state index in [2.05, 4.69) is 0 Å². The Hall–Kier alpha value is -2.43. The van der Waals surface area contributed by atoms with E-state index in [0.29, 0.717) is 5.56 Å². The van der Waals surface area contributed by atoms with Crippen LogP contribution in [0.2, 0.25) is 0 Å². The highest BCUT2D eigenvalue weighted by Gasteiger charge is 2.05. The molecule has 0 bridgehead atoms. The Bertz CT molecular complexity index is 468. The van der Waals surface area contributed by atoms with Crippen molar-refractivity contribution in [3.63, 3.8) is 0 Å². The molecule has 0 fully saturated rings. The van der Waals surface area contributed by atoms with Gasteiger partial charge in [-0.1, -0.05) is 24.3 Å². The van der Waals surface area contributed by atoms with Crippen LogP contribution in [0.5, 0.6) is 0 Å². The largest absolute Gasteiger partial charge is 0.366 e. The first-order valence-electron chi connectivity index (χ1n) is 5.20. The van der Waals surface area contributed by atoms with Crippen LogP contribution in [0, 0.1) is 5.82 Å². The maximum absolute atomic E-state index is 12.8. The van der Waals surface area contributed by atoms with Crippen molar-refractivity contribution in [2.24, 2.45) is 11.5 Å². The van der Waals surface area contributed by atoms with Crippen molar-refractivity contribution in [3.8, 4) is 0 Å². The zero-order valence-corrected chi connectivity index (χ0v) is 9.55. The average Bonchev–Trinajstić information content (AvgIpc) is 2.30. The minimum absolute atomic E-state index is 0.365. The number of amides is 2. The highest BCUT2D eigenvalue weighted by molar-refractivity contribution is 5.87. The van der Waals surface area contributed by atoms with Gasteiger partial charge in [-0.3, -0.25) is 9.59 Å². The number of hydrogen-bond acceptors (Lipinski definition) is 2. The van der Waals surface area contributed by atoms with Gasteiger partial charge < -0.3 is 11.5 Å². The Morgan fingerprint density at radius 1 is 1.00 bits per heavy atom. The lowest BCUT2D eigenvalue weighted by Crippen LogP contribution is -2.08. The van der Waals surface area contributed by atoms with Gasteiger partial charge >= 0.3 is 0 Å². The van der Waals surface area contributed by atoms with E-state index in [9.17, 15) is 14.0 Å². The normalized spacial score (nSPS) is 11.4. The first-order valence-corrected chi connectivity index (χ1v) is 5.20. The fraction of sp³-hybridized carbons (Fsp3) is 0.0769. The molecule has 0 aliphatic heterocycles. The molecule has 1 aromatic carbocycles. The third kappa shape index (κ3) is 4.61. The highest BCUT2D eigenvalue weighted by atomic mass is 19.1. The third-order valence-electron chi connectivity index (χ3n) is 2.19. The van der Waals surface area contributed by atoms with Crippen LogP contribution in [-0.2, 0) is 9.59 Å². The van der Waals surface area contributed by atoms with Crippen molar-refractivity contribution in [1.29, 1.82) is 0 Å². The summed E-state index contributed by atoms with van der Waals surface area (Å²) in [4.78, 5) is 21.4. The number of rotatable bonds is 5. The molecule has 1 aromatic rings. The van der Waals surface area contributed by atoms with Crippen LogP contribution in [0.4, 0.5) is 4.39 Å².